The van der Waals surface area contributed by atoms with Gasteiger partial charge >= 0.3 is 0 Å². The third-order valence-electron chi connectivity index (χ3n) is 3.04. The van der Waals surface area contributed by atoms with E-state index < -0.39 is 0 Å². The first-order chi connectivity index (χ1) is 9.58. The predicted octanol–water partition coefficient (Wildman–Crippen LogP) is 4.40. The Morgan fingerprint density at radius 2 is 1.95 bits per heavy atom. The van der Waals surface area contributed by atoms with Crippen LogP contribution in [0.3, 0.4) is 0 Å². The molecule has 0 amide bonds. The van der Waals surface area contributed by atoms with Crippen LogP contribution < -0.4 is 5.73 Å². The Morgan fingerprint density at radius 1 is 1.15 bits per heavy atom. The number of halogens is 2. The van der Waals surface area contributed by atoms with Gasteiger partial charge in [-0.2, -0.15) is 0 Å². The summed E-state index contributed by atoms with van der Waals surface area (Å²) < 4.78 is 27.1. The van der Waals surface area contributed by atoms with E-state index in [-0.39, 0.29) is 17.7 Å². The molecule has 2 rings (SSSR count). The van der Waals surface area contributed by atoms with Gasteiger partial charge in [0.05, 0.1) is 0 Å². The molecule has 1 unspecified atom stereocenters. The van der Waals surface area contributed by atoms with Crippen molar-refractivity contribution in [2.75, 3.05) is 0 Å². The molecule has 0 aliphatic heterocycles. The van der Waals surface area contributed by atoms with E-state index in [9.17, 15) is 8.78 Å². The van der Waals surface area contributed by atoms with Crippen LogP contribution in [0.5, 0.6) is 0 Å². The van der Waals surface area contributed by atoms with Crippen LogP contribution in [0.4, 0.5) is 8.78 Å². The first-order valence-corrected chi connectivity index (χ1v) is 7.37. The van der Waals surface area contributed by atoms with Gasteiger partial charge in [-0.25, -0.2) is 8.78 Å². The van der Waals surface area contributed by atoms with Crippen LogP contribution in [0.1, 0.15) is 18.9 Å². The lowest BCUT2D eigenvalue weighted by Crippen LogP contribution is -2.21. The summed E-state index contributed by atoms with van der Waals surface area (Å²) >= 11 is 1.22. The lowest BCUT2D eigenvalue weighted by Gasteiger charge is -2.10. The Balaban J connectivity index is 2.13. The molecule has 2 aromatic rings. The maximum atomic E-state index is 14.0. The molecule has 0 radical (unpaired) electrons. The van der Waals surface area contributed by atoms with E-state index in [1.54, 1.807) is 18.2 Å². The zero-order valence-corrected chi connectivity index (χ0v) is 12.1. The number of nitrogens with two attached hydrogens (primary N) is 1. The fraction of sp³-hybridized carbons (Fsp3) is 0.250. The second-order valence-corrected chi connectivity index (χ2v) is 5.81. The van der Waals surface area contributed by atoms with Gasteiger partial charge < -0.3 is 5.73 Å². The molecule has 106 valence electrons. The molecule has 4 heteroatoms. The molecule has 2 aromatic carbocycles. The van der Waals surface area contributed by atoms with E-state index in [0.717, 1.165) is 12.0 Å². The van der Waals surface area contributed by atoms with Gasteiger partial charge in [-0.1, -0.05) is 30.8 Å². The third kappa shape index (κ3) is 4.05. The minimum atomic E-state index is -0.319. The Bertz CT molecular complexity index is 586. The summed E-state index contributed by atoms with van der Waals surface area (Å²) in [5.41, 5.74) is 6.75. The van der Waals surface area contributed by atoms with E-state index in [1.165, 1.54) is 30.0 Å². The predicted molar refractivity (Wildman–Crippen MR) is 78.9 cm³/mol. The molecule has 0 aliphatic carbocycles. The molecule has 2 N–H and O–H groups in total. The molecule has 0 aliphatic rings. The summed E-state index contributed by atoms with van der Waals surface area (Å²) in [7, 11) is 0. The molecular formula is C16H17F2NS. The van der Waals surface area contributed by atoms with Gasteiger partial charge in [0.25, 0.3) is 0 Å². The topological polar surface area (TPSA) is 26.0 Å². The van der Waals surface area contributed by atoms with Crippen LogP contribution in [-0.2, 0) is 6.42 Å². The summed E-state index contributed by atoms with van der Waals surface area (Å²) in [6, 6.07) is 11.3. The van der Waals surface area contributed by atoms with Gasteiger partial charge in [0.2, 0.25) is 0 Å². The van der Waals surface area contributed by atoms with Crippen LogP contribution in [0.2, 0.25) is 0 Å². The summed E-state index contributed by atoms with van der Waals surface area (Å²) in [6.45, 7) is 2.01. The fourth-order valence-electron chi connectivity index (χ4n) is 1.86. The van der Waals surface area contributed by atoms with Gasteiger partial charge in [-0.15, -0.1) is 0 Å². The molecule has 0 bridgehead atoms. The minimum Gasteiger partial charge on any atom is -0.327 e. The van der Waals surface area contributed by atoms with Crippen molar-refractivity contribution in [3.05, 3.63) is 59.7 Å². The Hall–Kier alpha value is -1.39. The van der Waals surface area contributed by atoms with Crippen LogP contribution in [0, 0.1) is 11.6 Å². The van der Waals surface area contributed by atoms with Crippen LogP contribution in [-0.4, -0.2) is 6.04 Å². The molecule has 0 fully saturated rings. The highest BCUT2D eigenvalue weighted by atomic mass is 32.2. The lowest BCUT2D eigenvalue weighted by molar-refractivity contribution is 0.592. The van der Waals surface area contributed by atoms with E-state index >= 15 is 0 Å². The SMILES string of the molecule is CCC(N)Cc1ccc(Sc2cccc(F)c2)c(F)c1. The first kappa shape index (κ1) is 15.0. The summed E-state index contributed by atoms with van der Waals surface area (Å²) in [6.07, 6.45) is 1.53. The maximum Gasteiger partial charge on any atom is 0.137 e. The van der Waals surface area contributed by atoms with Gasteiger partial charge in [-0.05, 0) is 48.7 Å². The quantitative estimate of drug-likeness (QED) is 0.884. The fourth-order valence-corrected chi connectivity index (χ4v) is 2.72. The standard InChI is InChI=1S/C16H17F2NS/c1-2-13(19)8-11-6-7-16(15(18)9-11)20-14-5-3-4-12(17)10-14/h3-7,9-10,13H,2,8,19H2,1H3. The molecule has 0 spiro atoms. The van der Waals surface area contributed by atoms with Gasteiger partial charge in [0.1, 0.15) is 11.6 Å². The second kappa shape index (κ2) is 6.86. The van der Waals surface area contributed by atoms with Crippen molar-refractivity contribution >= 4 is 11.8 Å². The Morgan fingerprint density at radius 3 is 2.60 bits per heavy atom. The highest BCUT2D eigenvalue weighted by molar-refractivity contribution is 7.99. The highest BCUT2D eigenvalue weighted by Crippen LogP contribution is 2.30. The van der Waals surface area contributed by atoms with Crippen molar-refractivity contribution < 1.29 is 8.78 Å². The Kier molecular flexibility index (Phi) is 5.15. The van der Waals surface area contributed by atoms with Gasteiger partial charge in [-0.3, -0.25) is 0 Å². The second-order valence-electron chi connectivity index (χ2n) is 4.70. The largest absolute Gasteiger partial charge is 0.327 e. The molecule has 0 aromatic heterocycles. The highest BCUT2D eigenvalue weighted by Gasteiger charge is 2.08. The molecule has 0 saturated heterocycles. The Labute approximate surface area is 122 Å². The van der Waals surface area contributed by atoms with Gasteiger partial charge in [0, 0.05) is 15.8 Å². The summed E-state index contributed by atoms with van der Waals surface area (Å²) in [5, 5.41) is 0. The van der Waals surface area contributed by atoms with E-state index in [4.69, 9.17) is 5.73 Å². The molecule has 0 heterocycles. The molecule has 1 atom stereocenters. The zero-order chi connectivity index (χ0) is 14.5. The zero-order valence-electron chi connectivity index (χ0n) is 11.3. The van der Waals surface area contributed by atoms with Gasteiger partial charge in [0.15, 0.2) is 0 Å². The van der Waals surface area contributed by atoms with Crippen LogP contribution in [0.25, 0.3) is 0 Å². The lowest BCUT2D eigenvalue weighted by atomic mass is 10.0. The number of benzene rings is 2. The number of hydrogen-bond donors (Lipinski definition) is 1. The van der Waals surface area contributed by atoms with Crippen molar-refractivity contribution in [2.24, 2.45) is 5.73 Å². The van der Waals surface area contributed by atoms with Crippen LogP contribution in [0.15, 0.2) is 52.3 Å². The number of rotatable bonds is 5. The molecular weight excluding hydrogens is 276 g/mol. The summed E-state index contributed by atoms with van der Waals surface area (Å²) in [5.74, 6) is -0.610. The van der Waals surface area contributed by atoms with Crippen molar-refractivity contribution in [1.82, 2.24) is 0 Å². The maximum absolute atomic E-state index is 14.0. The smallest absolute Gasteiger partial charge is 0.137 e. The summed E-state index contributed by atoms with van der Waals surface area (Å²) in [4.78, 5) is 1.17. The number of hydrogen-bond acceptors (Lipinski definition) is 2. The van der Waals surface area contributed by atoms with Crippen LogP contribution >= 0.6 is 11.8 Å². The van der Waals surface area contributed by atoms with E-state index in [2.05, 4.69) is 0 Å². The average molecular weight is 293 g/mol. The molecule has 20 heavy (non-hydrogen) atoms. The normalized spacial score (nSPS) is 12.4. The van der Waals surface area contributed by atoms with Crippen molar-refractivity contribution in [1.29, 1.82) is 0 Å². The monoisotopic (exact) mass is 293 g/mol. The third-order valence-corrected chi connectivity index (χ3v) is 4.08. The average Bonchev–Trinajstić information content (AvgIpc) is 2.42. The van der Waals surface area contributed by atoms with Crippen molar-refractivity contribution in [2.45, 2.75) is 35.6 Å². The van der Waals surface area contributed by atoms with E-state index in [0.29, 0.717) is 16.2 Å². The van der Waals surface area contributed by atoms with Crippen molar-refractivity contribution in [3.63, 3.8) is 0 Å². The first-order valence-electron chi connectivity index (χ1n) is 6.56. The molecule has 0 saturated carbocycles. The molecule has 1 nitrogen and oxygen atoms in total. The van der Waals surface area contributed by atoms with Crippen molar-refractivity contribution in [3.8, 4) is 0 Å². The minimum absolute atomic E-state index is 0.0520. The van der Waals surface area contributed by atoms with E-state index in [1.807, 2.05) is 13.0 Å².